The Morgan fingerprint density at radius 2 is 1.86 bits per heavy atom. The molecule has 0 radical (unpaired) electrons. The van der Waals surface area contributed by atoms with E-state index in [2.05, 4.69) is 50.2 Å². The molecule has 2 bridgehead atoms. The average Bonchev–Trinajstić information content (AvgIpc) is 2.94. The maximum absolute atomic E-state index is 14.1. The van der Waals surface area contributed by atoms with E-state index in [1.165, 1.54) is 17.1 Å². The zero-order valence-electron chi connectivity index (χ0n) is 25.8. The summed E-state index contributed by atoms with van der Waals surface area (Å²) >= 11 is 0. The van der Waals surface area contributed by atoms with E-state index in [0.29, 0.717) is 52.0 Å². The quantitative estimate of drug-likeness (QED) is 0.309. The Kier molecular flexibility index (Phi) is 7.69. The molecule has 3 aromatic rings. The van der Waals surface area contributed by atoms with Gasteiger partial charge in [-0.2, -0.15) is 0 Å². The maximum atomic E-state index is 14.1. The summed E-state index contributed by atoms with van der Waals surface area (Å²) in [6.07, 6.45) is 2.40. The van der Waals surface area contributed by atoms with Gasteiger partial charge < -0.3 is 20.3 Å². The number of aliphatic imine (C=N–C) groups is 1. The van der Waals surface area contributed by atoms with Gasteiger partial charge in [0.2, 0.25) is 0 Å². The Bertz CT molecular complexity index is 1610. The van der Waals surface area contributed by atoms with Crippen LogP contribution in [0.4, 0.5) is 14.5 Å². The number of hydrogen-bond donors (Lipinski definition) is 2. The minimum atomic E-state index is -0.811. The highest BCUT2D eigenvalue weighted by molar-refractivity contribution is 5.96. The lowest BCUT2D eigenvalue weighted by atomic mass is 9.45. The fourth-order valence-corrected chi connectivity index (χ4v) is 7.53. The molecule has 4 aliphatic rings. The molecule has 2 aromatic carbocycles. The third-order valence-corrected chi connectivity index (χ3v) is 10.1. The lowest BCUT2D eigenvalue weighted by molar-refractivity contribution is -0.108. The number of guanidine groups is 1. The molecule has 2 N–H and O–H groups in total. The van der Waals surface area contributed by atoms with E-state index in [0.717, 1.165) is 43.3 Å². The van der Waals surface area contributed by atoms with Crippen molar-refractivity contribution in [3.63, 3.8) is 0 Å². The summed E-state index contributed by atoms with van der Waals surface area (Å²) in [6, 6.07) is 9.53. The molecule has 2 heterocycles. The zero-order valence-corrected chi connectivity index (χ0v) is 25.8. The van der Waals surface area contributed by atoms with Crippen molar-refractivity contribution in [2.24, 2.45) is 35.2 Å². The third-order valence-electron chi connectivity index (χ3n) is 10.1. The minimum Gasteiger partial charge on any atom is -0.483 e. The van der Waals surface area contributed by atoms with E-state index in [4.69, 9.17) is 14.7 Å². The van der Waals surface area contributed by atoms with Crippen LogP contribution in [-0.2, 0) is 13.7 Å². The van der Waals surface area contributed by atoms with Crippen LogP contribution in [0.2, 0.25) is 0 Å². The van der Waals surface area contributed by atoms with Gasteiger partial charge >= 0.3 is 0 Å². The highest BCUT2D eigenvalue weighted by Gasteiger charge is 2.56. The molecule has 3 aliphatic carbocycles. The third kappa shape index (κ3) is 5.61. The largest absolute Gasteiger partial charge is 0.483 e. The fourth-order valence-electron chi connectivity index (χ4n) is 7.53. The van der Waals surface area contributed by atoms with Crippen LogP contribution >= 0.6 is 0 Å². The number of piperazine rings is 1. The van der Waals surface area contributed by atoms with E-state index in [9.17, 15) is 13.6 Å². The molecule has 1 aromatic heterocycles. The molecular weight excluding hydrogens is 550 g/mol. The molecule has 1 saturated heterocycles. The molecule has 3 saturated carbocycles. The molecule has 10 heteroatoms. The summed E-state index contributed by atoms with van der Waals surface area (Å²) < 4.78 is 34.4. The van der Waals surface area contributed by atoms with Crippen LogP contribution in [0.1, 0.15) is 53.3 Å². The van der Waals surface area contributed by atoms with E-state index in [1.807, 2.05) is 12.1 Å². The lowest BCUT2D eigenvalue weighted by Crippen LogP contribution is -2.59. The van der Waals surface area contributed by atoms with Crippen molar-refractivity contribution in [3.05, 3.63) is 64.2 Å². The number of fused-ring (bicyclic) bond motifs is 3. The smallest absolute Gasteiger partial charge is 0.261 e. The van der Waals surface area contributed by atoms with Gasteiger partial charge in [0.15, 0.2) is 17.5 Å². The van der Waals surface area contributed by atoms with Crippen LogP contribution in [0.15, 0.2) is 46.2 Å². The van der Waals surface area contributed by atoms with E-state index >= 15 is 0 Å². The Labute approximate surface area is 251 Å². The van der Waals surface area contributed by atoms with Crippen molar-refractivity contribution in [1.29, 1.82) is 0 Å². The van der Waals surface area contributed by atoms with Crippen LogP contribution in [0, 0.1) is 34.8 Å². The topological polar surface area (TPSA) is 83.8 Å². The Hall–Kier alpha value is -3.53. The van der Waals surface area contributed by atoms with Crippen LogP contribution in [0.5, 0.6) is 5.75 Å². The summed E-state index contributed by atoms with van der Waals surface area (Å²) in [6.45, 7) is 13.1. The second-order valence-corrected chi connectivity index (χ2v) is 13.5. The van der Waals surface area contributed by atoms with Gasteiger partial charge in [-0.05, 0) is 80.2 Å². The molecule has 7 rings (SSSR count). The number of nitrogens with one attached hydrogen (secondary N) is 2. The fraction of sp³-hybridized carbons (Fsp3) is 0.545. The zero-order chi connectivity index (χ0) is 30.6. The molecule has 0 unspecified atom stereocenters. The number of rotatable bonds is 5. The summed E-state index contributed by atoms with van der Waals surface area (Å²) in [5, 5.41) is 7.69. The van der Waals surface area contributed by atoms with Gasteiger partial charge in [-0.3, -0.25) is 9.36 Å². The van der Waals surface area contributed by atoms with E-state index in [-0.39, 0.29) is 24.0 Å². The lowest BCUT2D eigenvalue weighted by Gasteiger charge is -2.61. The SMILES string of the molecule is C[C@@H]1[C@@H](N=C(Nc2ccc3c(=O)n(C)c(COc4ccc(F)cc4F)nc3c2)N2C[C@@H](C)N[C@@H](C)C2)C[C@@H]2C[C@H]1C2(C)C. The second-order valence-electron chi connectivity index (χ2n) is 13.5. The first-order valence-corrected chi connectivity index (χ1v) is 15.3. The first-order chi connectivity index (χ1) is 20.4. The summed E-state index contributed by atoms with van der Waals surface area (Å²) in [7, 11) is 1.61. The van der Waals surface area contributed by atoms with E-state index in [1.54, 1.807) is 13.1 Å². The highest BCUT2D eigenvalue weighted by Crippen LogP contribution is 2.61. The number of benzene rings is 2. The van der Waals surface area contributed by atoms with Crippen molar-refractivity contribution in [3.8, 4) is 5.75 Å². The number of aromatic nitrogens is 2. The van der Waals surface area contributed by atoms with Gasteiger partial charge in [0.05, 0.1) is 16.9 Å². The average molecular weight is 593 g/mol. The number of hydrogen-bond acceptors (Lipinski definition) is 5. The molecule has 43 heavy (non-hydrogen) atoms. The van der Waals surface area contributed by atoms with Crippen molar-refractivity contribution < 1.29 is 13.5 Å². The van der Waals surface area contributed by atoms with Gasteiger partial charge in [0.25, 0.3) is 5.56 Å². The predicted octanol–water partition coefficient (Wildman–Crippen LogP) is 5.31. The Morgan fingerprint density at radius 1 is 1.12 bits per heavy atom. The summed E-state index contributed by atoms with van der Waals surface area (Å²) in [4.78, 5) is 25.6. The number of ether oxygens (including phenoxy) is 1. The van der Waals surface area contributed by atoms with Crippen molar-refractivity contribution >= 4 is 22.5 Å². The van der Waals surface area contributed by atoms with Gasteiger partial charge in [0.1, 0.15) is 18.2 Å². The highest BCUT2D eigenvalue weighted by atomic mass is 19.1. The van der Waals surface area contributed by atoms with Crippen molar-refractivity contribution in [1.82, 2.24) is 19.8 Å². The van der Waals surface area contributed by atoms with Gasteiger partial charge in [-0.1, -0.05) is 20.8 Å². The monoisotopic (exact) mass is 592 g/mol. The van der Waals surface area contributed by atoms with Crippen molar-refractivity contribution in [2.75, 3.05) is 18.4 Å². The number of nitrogens with zero attached hydrogens (tertiary/aromatic N) is 4. The Balaban J connectivity index is 1.30. The van der Waals surface area contributed by atoms with E-state index < -0.39 is 11.6 Å². The normalized spacial score (nSPS) is 28.5. The number of halogens is 2. The van der Waals surface area contributed by atoms with Gasteiger partial charge in [0, 0.05) is 44.0 Å². The van der Waals surface area contributed by atoms with Crippen LogP contribution in [-0.4, -0.2) is 51.6 Å². The van der Waals surface area contributed by atoms with Crippen LogP contribution in [0.3, 0.4) is 0 Å². The molecular formula is C33H42F2N6O2. The van der Waals surface area contributed by atoms with Gasteiger partial charge in [-0.15, -0.1) is 0 Å². The molecule has 0 amide bonds. The predicted molar refractivity (Wildman–Crippen MR) is 165 cm³/mol. The number of anilines is 1. The molecule has 4 fully saturated rings. The molecule has 6 atom stereocenters. The first-order valence-electron chi connectivity index (χ1n) is 15.3. The van der Waals surface area contributed by atoms with Crippen LogP contribution in [0.25, 0.3) is 10.9 Å². The molecule has 0 spiro atoms. The van der Waals surface area contributed by atoms with Crippen molar-refractivity contribution in [2.45, 2.75) is 72.2 Å². The summed E-state index contributed by atoms with van der Waals surface area (Å²) in [5.74, 6) is 1.47. The molecule has 8 nitrogen and oxygen atoms in total. The summed E-state index contributed by atoms with van der Waals surface area (Å²) in [5.41, 5.74) is 1.45. The van der Waals surface area contributed by atoms with Gasteiger partial charge in [-0.25, -0.2) is 18.8 Å². The Morgan fingerprint density at radius 3 is 2.53 bits per heavy atom. The molecule has 1 aliphatic heterocycles. The van der Waals surface area contributed by atoms with Crippen LogP contribution < -0.4 is 20.9 Å². The second kappa shape index (κ2) is 11.2. The minimum absolute atomic E-state index is 0.107. The maximum Gasteiger partial charge on any atom is 0.261 e. The molecule has 230 valence electrons. The first kappa shape index (κ1) is 29.5. The standard InChI is InChI=1S/C33H42F2N6O2/c1-18-15-41(16-19(2)36-18)32(39-27-12-21-11-25(20(27)3)33(21,4)5)37-23-8-9-24-28(14-23)38-30(40(6)31(24)42)17-43-29-10-7-22(34)13-26(29)35/h7-10,13-14,18-21,25,27,36H,11-12,15-17H2,1-6H3,(H,37,39)/t18-,19+,20-,21-,25+,27-/m0/s1.